The fourth-order valence-corrected chi connectivity index (χ4v) is 4.00. The van der Waals surface area contributed by atoms with Crippen LogP contribution in [0.15, 0.2) is 72.1 Å². The molecule has 2 aromatic heterocycles. The van der Waals surface area contributed by atoms with Crippen molar-refractivity contribution in [3.8, 4) is 11.4 Å². The lowest BCUT2D eigenvalue weighted by atomic mass is 10.2. The van der Waals surface area contributed by atoms with Gasteiger partial charge in [-0.3, -0.25) is 4.79 Å². The Kier molecular flexibility index (Phi) is 7.51. The van der Waals surface area contributed by atoms with Gasteiger partial charge in [0.05, 0.1) is 11.4 Å². The molecule has 2 aromatic carbocycles. The van der Waals surface area contributed by atoms with Crippen molar-refractivity contribution in [1.29, 1.82) is 0 Å². The maximum absolute atomic E-state index is 13.0. The molecule has 0 fully saturated rings. The van der Waals surface area contributed by atoms with Crippen LogP contribution in [0.1, 0.15) is 21.7 Å². The van der Waals surface area contributed by atoms with Gasteiger partial charge in [-0.1, -0.05) is 46.8 Å². The third kappa shape index (κ3) is 6.49. The number of alkyl halides is 3. The summed E-state index contributed by atoms with van der Waals surface area (Å²) >= 11 is 7.41. The Labute approximate surface area is 206 Å². The summed E-state index contributed by atoms with van der Waals surface area (Å²) in [4.78, 5) is 21.3. The van der Waals surface area contributed by atoms with Gasteiger partial charge in [0.15, 0.2) is 10.9 Å². The van der Waals surface area contributed by atoms with E-state index in [-0.39, 0.29) is 23.7 Å². The number of hydrogen-bond donors (Lipinski definition) is 1. The van der Waals surface area contributed by atoms with Crippen molar-refractivity contribution in [1.82, 2.24) is 30.3 Å². The van der Waals surface area contributed by atoms with Gasteiger partial charge in [0.2, 0.25) is 0 Å². The third-order valence-electron chi connectivity index (χ3n) is 4.57. The highest BCUT2D eigenvalue weighted by Crippen LogP contribution is 2.26. The molecule has 8 nitrogen and oxygen atoms in total. The van der Waals surface area contributed by atoms with Gasteiger partial charge in [0, 0.05) is 29.7 Å². The van der Waals surface area contributed by atoms with E-state index in [1.54, 1.807) is 42.7 Å². The van der Waals surface area contributed by atoms with Crippen LogP contribution in [0.3, 0.4) is 0 Å². The first-order chi connectivity index (χ1) is 16.8. The lowest BCUT2D eigenvalue weighted by Gasteiger charge is -2.11. The van der Waals surface area contributed by atoms with Crippen molar-refractivity contribution >= 4 is 29.3 Å². The molecular weight excluding hydrogens is 505 g/mol. The first kappa shape index (κ1) is 24.5. The zero-order chi connectivity index (χ0) is 24.8. The van der Waals surface area contributed by atoms with E-state index in [2.05, 4.69) is 30.3 Å². The molecule has 0 aliphatic rings. The minimum absolute atomic E-state index is 0.0519. The number of aromatic nitrogens is 5. The van der Waals surface area contributed by atoms with Gasteiger partial charge in [0.1, 0.15) is 5.75 Å². The number of nitrogens with zero attached hydrogens (tertiary/aromatic N) is 5. The molecule has 0 atom stereocenters. The Balaban J connectivity index is 1.59. The Bertz CT molecular complexity index is 1300. The van der Waals surface area contributed by atoms with Gasteiger partial charge in [-0.25, -0.2) is 14.6 Å². The van der Waals surface area contributed by atoms with Crippen molar-refractivity contribution in [3.63, 3.8) is 0 Å². The van der Waals surface area contributed by atoms with E-state index in [4.69, 9.17) is 11.6 Å². The van der Waals surface area contributed by atoms with Crippen molar-refractivity contribution < 1.29 is 22.7 Å². The second-order valence-electron chi connectivity index (χ2n) is 6.93. The molecule has 0 saturated carbocycles. The van der Waals surface area contributed by atoms with E-state index < -0.39 is 12.3 Å². The van der Waals surface area contributed by atoms with Crippen LogP contribution in [-0.2, 0) is 12.3 Å². The van der Waals surface area contributed by atoms with Gasteiger partial charge in [-0.2, -0.15) is 0 Å². The number of thioether (sulfide) groups is 1. The fourth-order valence-electron chi connectivity index (χ4n) is 3.00. The van der Waals surface area contributed by atoms with Crippen molar-refractivity contribution in [2.75, 3.05) is 0 Å². The molecule has 0 spiro atoms. The fraction of sp³-hybridized carbons (Fsp3) is 0.136. The average molecular weight is 521 g/mol. The molecule has 1 amide bonds. The van der Waals surface area contributed by atoms with Gasteiger partial charge in [0.25, 0.3) is 5.91 Å². The first-order valence-electron chi connectivity index (χ1n) is 10.0. The largest absolute Gasteiger partial charge is 0.573 e. The highest BCUT2D eigenvalue weighted by molar-refractivity contribution is 7.98. The summed E-state index contributed by atoms with van der Waals surface area (Å²) < 4.78 is 42.7. The summed E-state index contributed by atoms with van der Waals surface area (Å²) in [5, 5.41) is 11.8. The number of amides is 1. The molecule has 4 rings (SSSR count). The van der Waals surface area contributed by atoms with E-state index >= 15 is 0 Å². The van der Waals surface area contributed by atoms with Crippen LogP contribution in [-0.4, -0.2) is 37.2 Å². The molecule has 13 heteroatoms. The number of rotatable bonds is 8. The monoisotopic (exact) mass is 520 g/mol. The highest BCUT2D eigenvalue weighted by atomic mass is 35.5. The SMILES string of the molecule is O=C(NCc1ccccc1Cl)c1nnn(-c2ccc(OC(F)(F)F)cc2)c1CSc1ncccn1. The van der Waals surface area contributed by atoms with Crippen LogP contribution >= 0.6 is 23.4 Å². The van der Waals surface area contributed by atoms with E-state index in [1.807, 2.05) is 0 Å². The number of carbonyl (C=O) groups excluding carboxylic acids is 1. The summed E-state index contributed by atoms with van der Waals surface area (Å²) in [6.45, 7) is 0.170. The molecule has 1 N–H and O–H groups in total. The van der Waals surface area contributed by atoms with E-state index in [9.17, 15) is 18.0 Å². The Morgan fingerprint density at radius 3 is 2.46 bits per heavy atom. The first-order valence-corrected chi connectivity index (χ1v) is 11.4. The van der Waals surface area contributed by atoms with Gasteiger partial charge < -0.3 is 10.1 Å². The van der Waals surface area contributed by atoms with Crippen LogP contribution in [0.2, 0.25) is 5.02 Å². The number of nitrogens with one attached hydrogen (secondary N) is 1. The van der Waals surface area contributed by atoms with Gasteiger partial charge in [-0.05, 0) is 42.0 Å². The Morgan fingerprint density at radius 1 is 1.06 bits per heavy atom. The van der Waals surface area contributed by atoms with Crippen molar-refractivity contribution in [3.05, 3.63) is 89.0 Å². The molecule has 0 aliphatic heterocycles. The van der Waals surface area contributed by atoms with Crippen LogP contribution in [0.5, 0.6) is 5.75 Å². The van der Waals surface area contributed by atoms with Gasteiger partial charge in [-0.15, -0.1) is 18.3 Å². The number of halogens is 4. The van der Waals surface area contributed by atoms with E-state index in [0.29, 0.717) is 21.6 Å². The topological polar surface area (TPSA) is 94.8 Å². The minimum atomic E-state index is -4.81. The lowest BCUT2D eigenvalue weighted by Crippen LogP contribution is -2.24. The quantitative estimate of drug-likeness (QED) is 0.262. The predicted octanol–water partition coefficient (Wildman–Crippen LogP) is 4.83. The van der Waals surface area contributed by atoms with E-state index in [0.717, 1.165) is 17.7 Å². The summed E-state index contributed by atoms with van der Waals surface area (Å²) in [6.07, 6.45) is -1.64. The minimum Gasteiger partial charge on any atom is -0.406 e. The maximum atomic E-state index is 13.0. The van der Waals surface area contributed by atoms with Crippen molar-refractivity contribution in [2.45, 2.75) is 23.8 Å². The number of ether oxygens (including phenoxy) is 1. The van der Waals surface area contributed by atoms with E-state index in [1.165, 1.54) is 28.6 Å². The second-order valence-corrected chi connectivity index (χ2v) is 8.28. The van der Waals surface area contributed by atoms with Gasteiger partial charge >= 0.3 is 6.36 Å². The van der Waals surface area contributed by atoms with Crippen LogP contribution in [0.4, 0.5) is 13.2 Å². The average Bonchev–Trinajstić information content (AvgIpc) is 3.26. The molecule has 0 aliphatic carbocycles. The maximum Gasteiger partial charge on any atom is 0.573 e. The molecule has 4 aromatic rings. The summed E-state index contributed by atoms with van der Waals surface area (Å²) in [7, 11) is 0. The Hall–Kier alpha value is -3.64. The highest BCUT2D eigenvalue weighted by Gasteiger charge is 2.31. The van der Waals surface area contributed by atoms with Crippen LogP contribution < -0.4 is 10.1 Å². The summed E-state index contributed by atoms with van der Waals surface area (Å²) in [5.74, 6) is -0.655. The molecular formula is C22H16ClF3N6O2S. The molecule has 35 heavy (non-hydrogen) atoms. The lowest BCUT2D eigenvalue weighted by molar-refractivity contribution is -0.274. The summed E-state index contributed by atoms with van der Waals surface area (Å²) in [5.41, 5.74) is 1.57. The number of hydrogen-bond acceptors (Lipinski definition) is 7. The smallest absolute Gasteiger partial charge is 0.406 e. The standard InChI is InChI=1S/C22H16ClF3N6O2S/c23-17-5-2-1-4-14(17)12-29-20(33)19-18(13-35-21-27-10-3-11-28-21)32(31-30-19)15-6-8-16(9-7-15)34-22(24,25)26/h1-11H,12-13H2,(H,29,33). The van der Waals surface area contributed by atoms with Crippen LogP contribution in [0.25, 0.3) is 5.69 Å². The molecule has 0 radical (unpaired) electrons. The predicted molar refractivity (Wildman–Crippen MR) is 122 cm³/mol. The zero-order valence-corrected chi connectivity index (χ0v) is 19.3. The molecule has 0 unspecified atom stereocenters. The van der Waals surface area contributed by atoms with Crippen LogP contribution in [0, 0.1) is 0 Å². The molecule has 180 valence electrons. The number of carbonyl (C=O) groups is 1. The zero-order valence-electron chi connectivity index (χ0n) is 17.7. The Morgan fingerprint density at radius 2 is 1.77 bits per heavy atom. The third-order valence-corrected chi connectivity index (χ3v) is 5.83. The van der Waals surface area contributed by atoms with Crippen molar-refractivity contribution in [2.24, 2.45) is 0 Å². The molecule has 0 saturated heterocycles. The normalized spacial score (nSPS) is 11.3. The number of benzene rings is 2. The molecule has 0 bridgehead atoms. The summed E-state index contributed by atoms with van der Waals surface area (Å²) in [6, 6.07) is 13.8. The second kappa shape index (κ2) is 10.7. The molecule has 2 heterocycles.